The molecule has 48 valence electrons. The first-order valence-electron chi connectivity index (χ1n) is 2.75. The third-order valence-electron chi connectivity index (χ3n) is 1.03. The molecule has 0 nitrogen and oxygen atoms in total. The standard InChI is InChI=1S/C6H13ISi/c1-5-6(7)8(2,3)4/h5-6H,1H2,2-4H3. The molecule has 2 heteroatoms. The van der Waals surface area contributed by atoms with Crippen LogP contribution in [0.15, 0.2) is 12.7 Å². The Morgan fingerprint density at radius 1 is 1.50 bits per heavy atom. The van der Waals surface area contributed by atoms with E-state index in [0.717, 1.165) is 3.55 Å². The topological polar surface area (TPSA) is 0 Å². The van der Waals surface area contributed by atoms with Crippen molar-refractivity contribution in [3.63, 3.8) is 0 Å². The van der Waals surface area contributed by atoms with Gasteiger partial charge < -0.3 is 0 Å². The van der Waals surface area contributed by atoms with E-state index in [1.807, 2.05) is 6.08 Å². The highest BCUT2D eigenvalue weighted by Gasteiger charge is 2.20. The van der Waals surface area contributed by atoms with Crippen LogP contribution in [0.1, 0.15) is 0 Å². The van der Waals surface area contributed by atoms with E-state index in [1.54, 1.807) is 0 Å². The van der Waals surface area contributed by atoms with Crippen molar-refractivity contribution in [2.24, 2.45) is 0 Å². The van der Waals surface area contributed by atoms with E-state index in [4.69, 9.17) is 0 Å². The molecule has 0 heterocycles. The lowest BCUT2D eigenvalue weighted by Crippen LogP contribution is -2.31. The van der Waals surface area contributed by atoms with E-state index < -0.39 is 8.07 Å². The van der Waals surface area contributed by atoms with Gasteiger partial charge in [-0.05, 0) is 0 Å². The van der Waals surface area contributed by atoms with Gasteiger partial charge in [-0.15, -0.1) is 6.58 Å². The predicted molar refractivity (Wildman–Crippen MR) is 51.4 cm³/mol. The zero-order chi connectivity index (χ0) is 6.78. The fraction of sp³-hybridized carbons (Fsp3) is 0.667. The summed E-state index contributed by atoms with van der Waals surface area (Å²) in [6.45, 7) is 10.8. The third-order valence-corrected chi connectivity index (χ3v) is 9.04. The zero-order valence-corrected chi connectivity index (χ0v) is 8.90. The maximum atomic E-state index is 3.75. The van der Waals surface area contributed by atoms with Gasteiger partial charge in [0, 0.05) is 3.55 Å². The predicted octanol–water partition coefficient (Wildman–Crippen LogP) is 2.85. The molecule has 1 atom stereocenters. The van der Waals surface area contributed by atoms with Crippen molar-refractivity contribution in [2.45, 2.75) is 23.2 Å². The van der Waals surface area contributed by atoms with Gasteiger partial charge in [-0.1, -0.05) is 48.3 Å². The molecule has 0 aromatic carbocycles. The van der Waals surface area contributed by atoms with Crippen LogP contribution in [0, 0.1) is 0 Å². The van der Waals surface area contributed by atoms with Crippen LogP contribution < -0.4 is 0 Å². The summed E-state index contributed by atoms with van der Waals surface area (Å²) >= 11 is 2.46. The Morgan fingerprint density at radius 3 is 1.88 bits per heavy atom. The van der Waals surface area contributed by atoms with Gasteiger partial charge in [-0.2, -0.15) is 0 Å². The van der Waals surface area contributed by atoms with Crippen LogP contribution in [0.4, 0.5) is 0 Å². The minimum Gasteiger partial charge on any atom is -0.102 e. The van der Waals surface area contributed by atoms with E-state index in [2.05, 4.69) is 48.8 Å². The molecule has 0 amide bonds. The molecule has 1 unspecified atom stereocenters. The lowest BCUT2D eigenvalue weighted by Gasteiger charge is -2.19. The summed E-state index contributed by atoms with van der Waals surface area (Å²) < 4.78 is 0.722. The fourth-order valence-corrected chi connectivity index (χ4v) is 1.06. The van der Waals surface area contributed by atoms with Crippen molar-refractivity contribution in [3.05, 3.63) is 12.7 Å². The maximum absolute atomic E-state index is 3.75. The molecule has 0 aliphatic heterocycles. The number of hydrogen-bond donors (Lipinski definition) is 0. The molecular formula is C6H13ISi. The van der Waals surface area contributed by atoms with Gasteiger partial charge >= 0.3 is 0 Å². The summed E-state index contributed by atoms with van der Waals surface area (Å²) in [5.41, 5.74) is 0. The van der Waals surface area contributed by atoms with Gasteiger partial charge in [-0.3, -0.25) is 0 Å². The Morgan fingerprint density at radius 2 is 1.88 bits per heavy atom. The zero-order valence-electron chi connectivity index (χ0n) is 5.74. The second kappa shape index (κ2) is 3.01. The van der Waals surface area contributed by atoms with E-state index in [1.165, 1.54) is 0 Å². The first-order chi connectivity index (χ1) is 3.48. The van der Waals surface area contributed by atoms with Gasteiger partial charge in [0.25, 0.3) is 0 Å². The molecule has 0 radical (unpaired) electrons. The SMILES string of the molecule is C=CC(I)[Si](C)(C)C. The Kier molecular flexibility index (Phi) is 3.27. The van der Waals surface area contributed by atoms with Crippen molar-refractivity contribution in [2.75, 3.05) is 0 Å². The van der Waals surface area contributed by atoms with Gasteiger partial charge in [0.2, 0.25) is 0 Å². The minimum atomic E-state index is -0.892. The highest BCUT2D eigenvalue weighted by atomic mass is 127. The molecule has 0 aliphatic rings. The molecule has 0 fully saturated rings. The number of hydrogen-bond acceptors (Lipinski definition) is 0. The van der Waals surface area contributed by atoms with Gasteiger partial charge in [0.05, 0.1) is 8.07 Å². The molecule has 0 saturated heterocycles. The van der Waals surface area contributed by atoms with E-state index in [9.17, 15) is 0 Å². The largest absolute Gasteiger partial charge is 0.102 e. The molecule has 0 bridgehead atoms. The van der Waals surface area contributed by atoms with Crippen LogP contribution >= 0.6 is 22.6 Å². The first-order valence-corrected chi connectivity index (χ1v) is 7.57. The fourth-order valence-electron chi connectivity index (χ4n) is 0.354. The smallest absolute Gasteiger partial charge is 0.0633 e. The molecule has 0 N–H and O–H groups in total. The lowest BCUT2D eigenvalue weighted by atomic mass is 10.8. The summed E-state index contributed by atoms with van der Waals surface area (Å²) in [7, 11) is -0.892. The highest BCUT2D eigenvalue weighted by molar-refractivity contribution is 14.1. The molecule has 0 aliphatic carbocycles. The summed E-state index contributed by atoms with van der Waals surface area (Å²) in [6, 6.07) is 0. The van der Waals surface area contributed by atoms with Crippen LogP contribution in [-0.2, 0) is 0 Å². The summed E-state index contributed by atoms with van der Waals surface area (Å²) in [5, 5.41) is 0. The van der Waals surface area contributed by atoms with Crippen LogP contribution in [0.2, 0.25) is 19.6 Å². The molecular weight excluding hydrogens is 227 g/mol. The quantitative estimate of drug-likeness (QED) is 0.301. The summed E-state index contributed by atoms with van der Waals surface area (Å²) in [5.74, 6) is 0. The monoisotopic (exact) mass is 240 g/mol. The number of halogens is 1. The summed E-state index contributed by atoms with van der Waals surface area (Å²) in [4.78, 5) is 0. The van der Waals surface area contributed by atoms with E-state index in [0.29, 0.717) is 0 Å². The third kappa shape index (κ3) is 2.87. The van der Waals surface area contributed by atoms with E-state index in [-0.39, 0.29) is 0 Å². The summed E-state index contributed by atoms with van der Waals surface area (Å²) in [6.07, 6.45) is 2.05. The van der Waals surface area contributed by atoms with Crippen molar-refractivity contribution < 1.29 is 0 Å². The molecule has 0 aromatic heterocycles. The van der Waals surface area contributed by atoms with Gasteiger partial charge in [-0.25, -0.2) is 0 Å². The van der Waals surface area contributed by atoms with Gasteiger partial charge in [0.15, 0.2) is 0 Å². The number of allylic oxidation sites excluding steroid dienone is 1. The minimum absolute atomic E-state index is 0.722. The van der Waals surface area contributed by atoms with Crippen molar-refractivity contribution in [3.8, 4) is 0 Å². The number of alkyl halides is 1. The average Bonchev–Trinajstić information content (AvgIpc) is 1.62. The molecule has 0 rings (SSSR count). The van der Waals surface area contributed by atoms with Crippen LogP contribution in [-0.4, -0.2) is 11.6 Å². The second-order valence-corrected chi connectivity index (χ2v) is 10.9. The normalized spacial score (nSPS) is 15.5. The van der Waals surface area contributed by atoms with Crippen LogP contribution in [0.5, 0.6) is 0 Å². The van der Waals surface area contributed by atoms with Gasteiger partial charge in [0.1, 0.15) is 0 Å². The second-order valence-electron chi connectivity index (χ2n) is 3.00. The lowest BCUT2D eigenvalue weighted by molar-refractivity contribution is 1.51. The molecule has 8 heavy (non-hydrogen) atoms. The molecule has 0 saturated carbocycles. The van der Waals surface area contributed by atoms with Crippen molar-refractivity contribution >= 4 is 30.7 Å². The van der Waals surface area contributed by atoms with Crippen LogP contribution in [0.3, 0.4) is 0 Å². The Labute approximate surface area is 66.5 Å². The molecule has 0 spiro atoms. The first kappa shape index (κ1) is 8.69. The Balaban J connectivity index is 3.80. The average molecular weight is 240 g/mol. The maximum Gasteiger partial charge on any atom is 0.0633 e. The Bertz CT molecular complexity index is 83.0. The molecule has 0 aromatic rings. The number of rotatable bonds is 2. The van der Waals surface area contributed by atoms with E-state index >= 15 is 0 Å². The van der Waals surface area contributed by atoms with Crippen molar-refractivity contribution in [1.29, 1.82) is 0 Å². The van der Waals surface area contributed by atoms with Crippen molar-refractivity contribution in [1.82, 2.24) is 0 Å². The highest BCUT2D eigenvalue weighted by Crippen LogP contribution is 2.16. The van der Waals surface area contributed by atoms with Crippen LogP contribution in [0.25, 0.3) is 0 Å². The Hall–Kier alpha value is 0.687.